The van der Waals surface area contributed by atoms with Crippen molar-refractivity contribution in [2.24, 2.45) is 0 Å². The van der Waals surface area contributed by atoms with E-state index in [9.17, 15) is 4.79 Å². The molecule has 0 aliphatic carbocycles. The van der Waals surface area contributed by atoms with Gasteiger partial charge in [0.2, 0.25) is 5.91 Å². The zero-order valence-corrected chi connectivity index (χ0v) is 8.09. The van der Waals surface area contributed by atoms with Gasteiger partial charge >= 0.3 is 6.01 Å². The number of aromatic nitrogens is 2. The zero-order valence-electron chi connectivity index (χ0n) is 6.50. The van der Waals surface area contributed by atoms with Crippen LogP contribution in [-0.2, 0) is 4.79 Å². The second-order valence-corrected chi connectivity index (χ2v) is 2.93. The summed E-state index contributed by atoms with van der Waals surface area (Å²) in [5, 5.41) is 6.59. The van der Waals surface area contributed by atoms with Crippen molar-refractivity contribution < 1.29 is 9.32 Å². The maximum atomic E-state index is 11.0. The summed E-state index contributed by atoms with van der Waals surface area (Å²) in [6.45, 7) is 1.68. The average molecular weight is 234 g/mol. The van der Waals surface area contributed by atoms with E-state index < -0.39 is 0 Å². The Labute approximate surface area is 77.7 Å². The van der Waals surface area contributed by atoms with E-state index in [0.29, 0.717) is 17.6 Å². The summed E-state index contributed by atoms with van der Waals surface area (Å²) >= 11 is 3.14. The van der Waals surface area contributed by atoms with Gasteiger partial charge in [0.15, 0.2) is 5.82 Å². The number of rotatable bonds is 3. The highest BCUT2D eigenvalue weighted by atomic mass is 79.9. The predicted molar refractivity (Wildman–Crippen MR) is 46.1 cm³/mol. The van der Waals surface area contributed by atoms with Gasteiger partial charge in [-0.1, -0.05) is 21.1 Å². The maximum absolute atomic E-state index is 11.0. The van der Waals surface area contributed by atoms with Crippen molar-refractivity contribution in [3.8, 4) is 0 Å². The second kappa shape index (κ2) is 4.20. The summed E-state index contributed by atoms with van der Waals surface area (Å²) in [6.07, 6.45) is 0.390. The molecule has 1 N–H and O–H groups in total. The molecule has 0 spiro atoms. The van der Waals surface area contributed by atoms with Crippen molar-refractivity contribution in [2.45, 2.75) is 13.3 Å². The Morgan fingerprint density at radius 2 is 2.50 bits per heavy atom. The highest BCUT2D eigenvalue weighted by molar-refractivity contribution is 9.09. The smallest absolute Gasteiger partial charge is 0.315 e. The van der Waals surface area contributed by atoms with E-state index in [0.717, 1.165) is 0 Å². The van der Waals surface area contributed by atoms with Gasteiger partial charge in [-0.15, -0.1) is 0 Å². The fourth-order valence-corrected chi connectivity index (χ4v) is 0.976. The average Bonchev–Trinajstić information content (AvgIpc) is 2.36. The minimum Gasteiger partial charge on any atom is -0.315 e. The van der Waals surface area contributed by atoms with Gasteiger partial charge in [-0.05, 0) is 6.92 Å². The van der Waals surface area contributed by atoms with E-state index in [2.05, 4.69) is 35.9 Å². The Balaban J connectivity index is 2.46. The Bertz CT molecular complexity index is 274. The first-order chi connectivity index (χ1) is 5.72. The number of alkyl halides is 1. The number of anilines is 1. The Hall–Kier alpha value is -0.910. The lowest BCUT2D eigenvalue weighted by Crippen LogP contribution is -2.11. The summed E-state index contributed by atoms with van der Waals surface area (Å²) in [7, 11) is 0. The van der Waals surface area contributed by atoms with Crippen LogP contribution in [0.5, 0.6) is 0 Å². The third-order valence-corrected chi connectivity index (χ3v) is 1.49. The predicted octanol–water partition coefficient (Wildman–Crippen LogP) is 1.10. The van der Waals surface area contributed by atoms with Crippen LogP contribution in [0, 0.1) is 6.92 Å². The topological polar surface area (TPSA) is 68.0 Å². The fraction of sp³-hybridized carbons (Fsp3) is 0.500. The molecule has 1 aromatic rings. The monoisotopic (exact) mass is 233 g/mol. The maximum Gasteiger partial charge on any atom is 0.328 e. The fourth-order valence-electron chi connectivity index (χ4n) is 0.615. The standard InChI is InChI=1S/C6H8BrN3O2/c1-4-8-6(12-10-4)9-5(11)2-3-7/h2-3H2,1H3,(H,8,9,10,11). The molecular weight excluding hydrogens is 226 g/mol. The molecule has 0 aromatic carbocycles. The van der Waals surface area contributed by atoms with Crippen LogP contribution in [0.4, 0.5) is 6.01 Å². The van der Waals surface area contributed by atoms with Crippen molar-refractivity contribution in [1.29, 1.82) is 0 Å². The van der Waals surface area contributed by atoms with Crippen LogP contribution in [0.1, 0.15) is 12.2 Å². The van der Waals surface area contributed by atoms with Crippen LogP contribution < -0.4 is 5.32 Å². The van der Waals surface area contributed by atoms with E-state index in [-0.39, 0.29) is 11.9 Å². The molecule has 1 aromatic heterocycles. The lowest BCUT2D eigenvalue weighted by molar-refractivity contribution is -0.115. The van der Waals surface area contributed by atoms with Crippen molar-refractivity contribution in [3.05, 3.63) is 5.82 Å². The van der Waals surface area contributed by atoms with E-state index in [1.165, 1.54) is 0 Å². The lowest BCUT2D eigenvalue weighted by atomic mass is 10.5. The summed E-state index contributed by atoms with van der Waals surface area (Å²) < 4.78 is 4.67. The Kier molecular flexibility index (Phi) is 3.21. The third-order valence-electron chi connectivity index (χ3n) is 1.10. The summed E-state index contributed by atoms with van der Waals surface area (Å²) in [5.41, 5.74) is 0. The van der Waals surface area contributed by atoms with Crippen molar-refractivity contribution in [3.63, 3.8) is 0 Å². The summed E-state index contributed by atoms with van der Waals surface area (Å²) in [4.78, 5) is 14.8. The van der Waals surface area contributed by atoms with Crippen LogP contribution >= 0.6 is 15.9 Å². The van der Waals surface area contributed by atoms with Crippen molar-refractivity contribution in [2.75, 3.05) is 10.6 Å². The number of aryl methyl sites for hydroxylation is 1. The Morgan fingerprint density at radius 3 is 3.00 bits per heavy atom. The quantitative estimate of drug-likeness (QED) is 0.795. The summed E-state index contributed by atoms with van der Waals surface area (Å²) in [5.74, 6) is 0.361. The number of carbonyl (C=O) groups excluding carboxylic acids is 1. The van der Waals surface area contributed by atoms with Gasteiger partial charge in [0.25, 0.3) is 0 Å². The van der Waals surface area contributed by atoms with Crippen molar-refractivity contribution >= 4 is 27.9 Å². The number of halogens is 1. The first kappa shape index (κ1) is 9.18. The number of amides is 1. The lowest BCUT2D eigenvalue weighted by Gasteiger charge is -1.94. The highest BCUT2D eigenvalue weighted by Crippen LogP contribution is 2.02. The highest BCUT2D eigenvalue weighted by Gasteiger charge is 2.05. The first-order valence-corrected chi connectivity index (χ1v) is 4.50. The van der Waals surface area contributed by atoms with Gasteiger partial charge in [-0.3, -0.25) is 10.1 Å². The second-order valence-electron chi connectivity index (χ2n) is 2.13. The molecular formula is C6H8BrN3O2. The molecule has 0 aliphatic rings. The zero-order chi connectivity index (χ0) is 8.97. The molecule has 12 heavy (non-hydrogen) atoms. The molecule has 0 fully saturated rings. The van der Waals surface area contributed by atoms with Gasteiger partial charge in [-0.25, -0.2) is 0 Å². The largest absolute Gasteiger partial charge is 0.328 e. The number of hydrogen-bond donors (Lipinski definition) is 1. The SMILES string of the molecule is Cc1noc(NC(=O)CCBr)n1. The van der Waals surface area contributed by atoms with Crippen LogP contribution in [-0.4, -0.2) is 21.4 Å². The molecule has 0 aliphatic heterocycles. The van der Waals surface area contributed by atoms with E-state index in [1.54, 1.807) is 6.92 Å². The molecule has 6 heteroatoms. The van der Waals surface area contributed by atoms with Gasteiger partial charge < -0.3 is 4.52 Å². The van der Waals surface area contributed by atoms with Gasteiger partial charge in [0.1, 0.15) is 0 Å². The van der Waals surface area contributed by atoms with E-state index >= 15 is 0 Å². The van der Waals surface area contributed by atoms with Crippen LogP contribution in [0.15, 0.2) is 4.52 Å². The van der Waals surface area contributed by atoms with Crippen LogP contribution in [0.2, 0.25) is 0 Å². The molecule has 0 unspecified atom stereocenters. The number of nitrogens with one attached hydrogen (secondary N) is 1. The number of nitrogens with zero attached hydrogens (tertiary/aromatic N) is 2. The van der Waals surface area contributed by atoms with Gasteiger partial charge in [0, 0.05) is 11.8 Å². The van der Waals surface area contributed by atoms with Crippen LogP contribution in [0.3, 0.4) is 0 Å². The summed E-state index contributed by atoms with van der Waals surface area (Å²) in [6, 6.07) is 0.151. The molecule has 0 saturated heterocycles. The number of hydrogen-bond acceptors (Lipinski definition) is 4. The molecule has 0 atom stereocenters. The molecule has 1 amide bonds. The minimum atomic E-state index is -0.143. The molecule has 1 rings (SSSR count). The third kappa shape index (κ3) is 2.61. The molecule has 1 heterocycles. The van der Waals surface area contributed by atoms with Gasteiger partial charge in [0.05, 0.1) is 0 Å². The van der Waals surface area contributed by atoms with E-state index in [1.807, 2.05) is 0 Å². The van der Waals surface area contributed by atoms with E-state index in [4.69, 9.17) is 0 Å². The van der Waals surface area contributed by atoms with Crippen LogP contribution in [0.25, 0.3) is 0 Å². The molecule has 0 bridgehead atoms. The Morgan fingerprint density at radius 1 is 1.75 bits per heavy atom. The normalized spacial score (nSPS) is 9.83. The first-order valence-electron chi connectivity index (χ1n) is 3.38. The molecule has 0 saturated carbocycles. The minimum absolute atomic E-state index is 0.143. The molecule has 0 radical (unpaired) electrons. The van der Waals surface area contributed by atoms with Crippen molar-refractivity contribution in [1.82, 2.24) is 10.1 Å². The molecule has 5 nitrogen and oxygen atoms in total. The molecule has 66 valence electrons. The van der Waals surface area contributed by atoms with Gasteiger partial charge in [-0.2, -0.15) is 4.98 Å². The number of carbonyl (C=O) groups is 1.